The predicted molar refractivity (Wildman–Crippen MR) is 98.6 cm³/mol. The topological polar surface area (TPSA) is 64.1 Å². The second kappa shape index (κ2) is 6.86. The summed E-state index contributed by atoms with van der Waals surface area (Å²) in [6, 6.07) is 11.6. The van der Waals surface area contributed by atoms with Crippen LogP contribution in [0.25, 0.3) is 17.3 Å². The van der Waals surface area contributed by atoms with E-state index in [0.29, 0.717) is 5.13 Å². The van der Waals surface area contributed by atoms with E-state index in [2.05, 4.69) is 21.4 Å². The van der Waals surface area contributed by atoms with E-state index in [1.54, 1.807) is 12.3 Å². The van der Waals surface area contributed by atoms with Gasteiger partial charge >= 0.3 is 0 Å². The lowest BCUT2D eigenvalue weighted by Gasteiger charge is -2.01. The molecule has 1 aliphatic heterocycles. The van der Waals surface area contributed by atoms with Gasteiger partial charge in [0.25, 0.3) is 0 Å². The van der Waals surface area contributed by atoms with Crippen LogP contribution >= 0.6 is 11.3 Å². The number of aromatic nitrogens is 2. The first-order chi connectivity index (χ1) is 12.3. The van der Waals surface area contributed by atoms with E-state index in [0.717, 1.165) is 35.7 Å². The van der Waals surface area contributed by atoms with Crippen molar-refractivity contribution in [2.75, 3.05) is 11.9 Å². The maximum Gasteiger partial charge on any atom is 0.250 e. The van der Waals surface area contributed by atoms with Crippen molar-refractivity contribution < 1.29 is 9.53 Å². The van der Waals surface area contributed by atoms with Gasteiger partial charge in [-0.15, -0.1) is 11.3 Å². The number of hydrogen-bond acceptors (Lipinski definition) is 5. The summed E-state index contributed by atoms with van der Waals surface area (Å²) in [5, 5.41) is 5.30. The number of amides is 1. The van der Waals surface area contributed by atoms with Gasteiger partial charge in [0.15, 0.2) is 5.13 Å². The highest BCUT2D eigenvalue weighted by Crippen LogP contribution is 2.31. The van der Waals surface area contributed by atoms with E-state index in [9.17, 15) is 4.79 Å². The van der Waals surface area contributed by atoms with Crippen molar-refractivity contribution in [1.29, 1.82) is 0 Å². The molecule has 0 atom stereocenters. The molecule has 1 aliphatic rings. The summed E-state index contributed by atoms with van der Waals surface area (Å²) in [4.78, 5) is 20.6. The third kappa shape index (κ3) is 3.59. The summed E-state index contributed by atoms with van der Waals surface area (Å²) < 4.78 is 5.52. The van der Waals surface area contributed by atoms with E-state index in [4.69, 9.17) is 4.74 Å². The number of nitrogens with zero attached hydrogens (tertiary/aromatic N) is 2. The molecule has 6 heteroatoms. The van der Waals surface area contributed by atoms with E-state index in [1.165, 1.54) is 23.0 Å². The van der Waals surface area contributed by atoms with Gasteiger partial charge in [0.2, 0.25) is 5.91 Å². The highest BCUT2D eigenvalue weighted by Gasteiger charge is 2.14. The van der Waals surface area contributed by atoms with Crippen LogP contribution in [0.4, 0.5) is 5.13 Å². The van der Waals surface area contributed by atoms with E-state index in [-0.39, 0.29) is 5.91 Å². The van der Waals surface area contributed by atoms with Gasteiger partial charge in [-0.25, -0.2) is 4.98 Å². The summed E-state index contributed by atoms with van der Waals surface area (Å²) >= 11 is 1.40. The lowest BCUT2D eigenvalue weighted by atomic mass is 10.1. The lowest BCUT2D eigenvalue weighted by Crippen LogP contribution is -2.07. The maximum absolute atomic E-state index is 12.0. The van der Waals surface area contributed by atoms with Crippen LogP contribution in [0.1, 0.15) is 11.3 Å². The van der Waals surface area contributed by atoms with E-state index >= 15 is 0 Å². The largest absolute Gasteiger partial charge is 0.493 e. The van der Waals surface area contributed by atoms with Crippen molar-refractivity contribution in [2.45, 2.75) is 6.42 Å². The number of carbonyl (C=O) groups is 1. The molecule has 0 saturated heterocycles. The van der Waals surface area contributed by atoms with Crippen LogP contribution < -0.4 is 10.1 Å². The number of ether oxygens (including phenoxy) is 1. The minimum atomic E-state index is -0.228. The summed E-state index contributed by atoms with van der Waals surface area (Å²) in [6.45, 7) is 0.736. The van der Waals surface area contributed by atoms with Crippen molar-refractivity contribution in [2.24, 2.45) is 0 Å². The second-order valence-corrected chi connectivity index (χ2v) is 6.39. The average Bonchev–Trinajstić information content (AvgIpc) is 3.29. The van der Waals surface area contributed by atoms with Crippen LogP contribution in [0.5, 0.6) is 5.75 Å². The van der Waals surface area contributed by atoms with Crippen LogP contribution in [0.3, 0.4) is 0 Å². The fourth-order valence-corrected chi connectivity index (χ4v) is 3.31. The normalized spacial score (nSPS) is 12.8. The molecular weight excluding hydrogens is 334 g/mol. The number of anilines is 1. The number of thiazole rings is 1. The zero-order valence-electron chi connectivity index (χ0n) is 13.3. The Bertz CT molecular complexity index is 935. The minimum absolute atomic E-state index is 0.228. The van der Waals surface area contributed by atoms with Crippen LogP contribution in [0, 0.1) is 0 Å². The highest BCUT2D eigenvalue weighted by molar-refractivity contribution is 7.14. The molecule has 2 aromatic heterocycles. The molecule has 1 amide bonds. The first-order valence-corrected chi connectivity index (χ1v) is 8.78. The van der Waals surface area contributed by atoms with Crippen molar-refractivity contribution in [3.8, 4) is 17.0 Å². The number of fused-ring (bicyclic) bond motifs is 1. The Kier molecular flexibility index (Phi) is 4.26. The van der Waals surface area contributed by atoms with Crippen molar-refractivity contribution in [3.63, 3.8) is 0 Å². The number of nitrogens with one attached hydrogen (secondary N) is 1. The summed E-state index contributed by atoms with van der Waals surface area (Å²) in [5.74, 6) is 0.723. The highest BCUT2D eigenvalue weighted by atomic mass is 32.1. The zero-order valence-corrected chi connectivity index (χ0v) is 14.1. The van der Waals surface area contributed by atoms with Gasteiger partial charge in [0.1, 0.15) is 5.75 Å². The van der Waals surface area contributed by atoms with Gasteiger partial charge in [0, 0.05) is 29.6 Å². The lowest BCUT2D eigenvalue weighted by molar-refractivity contribution is -0.111. The van der Waals surface area contributed by atoms with Crippen LogP contribution in [-0.2, 0) is 11.2 Å². The molecule has 5 nitrogen and oxygen atoms in total. The van der Waals surface area contributed by atoms with Crippen LogP contribution in [-0.4, -0.2) is 22.5 Å². The molecule has 4 rings (SSSR count). The second-order valence-electron chi connectivity index (χ2n) is 5.54. The molecule has 25 heavy (non-hydrogen) atoms. The molecule has 0 saturated carbocycles. The molecular formula is C19H15N3O2S. The fraction of sp³-hybridized carbons (Fsp3) is 0.105. The Hall–Kier alpha value is -2.99. The Morgan fingerprint density at radius 3 is 3.12 bits per heavy atom. The van der Waals surface area contributed by atoms with Gasteiger partial charge < -0.3 is 4.74 Å². The molecule has 1 aromatic carbocycles. The Balaban J connectivity index is 1.44. The van der Waals surface area contributed by atoms with Crippen molar-refractivity contribution in [3.05, 3.63) is 65.3 Å². The monoisotopic (exact) mass is 349 g/mol. The Labute approximate surface area is 149 Å². The predicted octanol–water partition coefficient (Wildman–Crippen LogP) is 3.79. The number of carbonyl (C=O) groups excluding carboxylic acids is 1. The molecule has 0 spiro atoms. The first-order valence-electron chi connectivity index (χ1n) is 7.90. The fourth-order valence-electron chi connectivity index (χ4n) is 2.59. The molecule has 124 valence electrons. The zero-order chi connectivity index (χ0) is 17.1. The molecule has 0 unspecified atom stereocenters. The van der Waals surface area contributed by atoms with E-state index in [1.807, 2.05) is 35.7 Å². The quantitative estimate of drug-likeness (QED) is 0.728. The van der Waals surface area contributed by atoms with Crippen molar-refractivity contribution in [1.82, 2.24) is 9.97 Å². The summed E-state index contributed by atoms with van der Waals surface area (Å²) in [5.41, 5.74) is 3.82. The molecule has 0 radical (unpaired) electrons. The number of rotatable bonds is 4. The van der Waals surface area contributed by atoms with Gasteiger partial charge in [-0.05, 0) is 42.0 Å². The molecule has 1 N–H and O–H groups in total. The van der Waals surface area contributed by atoms with Gasteiger partial charge in [0.05, 0.1) is 18.0 Å². The SMILES string of the molecule is O=C(/C=C\c1ccccn1)Nc1nc(-c2ccc3c(c2)CCO3)cs1. The summed E-state index contributed by atoms with van der Waals surface area (Å²) in [7, 11) is 0. The van der Waals surface area contributed by atoms with Crippen LogP contribution in [0.2, 0.25) is 0 Å². The Morgan fingerprint density at radius 1 is 1.28 bits per heavy atom. The Morgan fingerprint density at radius 2 is 2.24 bits per heavy atom. The first kappa shape index (κ1) is 15.5. The molecule has 0 aliphatic carbocycles. The molecule has 3 aromatic rings. The van der Waals surface area contributed by atoms with Gasteiger partial charge in [-0.3, -0.25) is 15.1 Å². The molecule has 0 bridgehead atoms. The van der Waals surface area contributed by atoms with Crippen molar-refractivity contribution >= 4 is 28.5 Å². The third-order valence-corrected chi connectivity index (χ3v) is 4.57. The van der Waals surface area contributed by atoms with Crippen LogP contribution in [0.15, 0.2) is 54.1 Å². The minimum Gasteiger partial charge on any atom is -0.493 e. The summed E-state index contributed by atoms with van der Waals surface area (Å²) in [6.07, 6.45) is 5.74. The van der Waals surface area contributed by atoms with E-state index < -0.39 is 0 Å². The maximum atomic E-state index is 12.0. The standard InChI is InChI=1S/C19H15N3O2S/c23-18(7-5-15-3-1-2-9-20-15)22-19-21-16(12-25-19)13-4-6-17-14(11-13)8-10-24-17/h1-7,9,11-12H,8,10H2,(H,21,22,23)/b7-5-. The van der Waals surface area contributed by atoms with Gasteiger partial charge in [-0.1, -0.05) is 6.07 Å². The number of benzene rings is 1. The third-order valence-electron chi connectivity index (χ3n) is 3.81. The number of pyridine rings is 1. The number of hydrogen-bond donors (Lipinski definition) is 1. The molecule has 0 fully saturated rings. The smallest absolute Gasteiger partial charge is 0.250 e. The van der Waals surface area contributed by atoms with Gasteiger partial charge in [-0.2, -0.15) is 0 Å². The molecule has 3 heterocycles. The average molecular weight is 349 g/mol.